The van der Waals surface area contributed by atoms with Crippen LogP contribution in [0.1, 0.15) is 22.5 Å². The van der Waals surface area contributed by atoms with E-state index in [0.717, 1.165) is 12.3 Å². The van der Waals surface area contributed by atoms with Crippen molar-refractivity contribution in [1.82, 2.24) is 14.5 Å². The number of carbonyl (C=O) groups excluding carboxylic acids is 1. The molecule has 0 spiro atoms. The summed E-state index contributed by atoms with van der Waals surface area (Å²) in [7, 11) is 0. The minimum Gasteiger partial charge on any atom is -0.298 e. The third kappa shape index (κ3) is 3.32. The van der Waals surface area contributed by atoms with Crippen LogP contribution in [0.3, 0.4) is 0 Å². The molecule has 0 aromatic carbocycles. The van der Waals surface area contributed by atoms with Crippen molar-refractivity contribution in [1.29, 1.82) is 0 Å². The van der Waals surface area contributed by atoms with Crippen LogP contribution in [-0.4, -0.2) is 20.8 Å². The summed E-state index contributed by atoms with van der Waals surface area (Å²) < 4.78 is 27.1. The van der Waals surface area contributed by atoms with E-state index in [0.29, 0.717) is 6.29 Å². The molecule has 25 heavy (non-hydrogen) atoms. The predicted molar refractivity (Wildman–Crippen MR) is 88.4 cm³/mol. The van der Waals surface area contributed by atoms with Gasteiger partial charge in [0.2, 0.25) is 0 Å². The predicted octanol–water partition coefficient (Wildman–Crippen LogP) is 3.70. The van der Waals surface area contributed by atoms with Crippen LogP contribution in [0.15, 0.2) is 53.7 Å². The van der Waals surface area contributed by atoms with Crippen molar-refractivity contribution < 1.29 is 13.6 Å². The maximum atomic E-state index is 12.9. The van der Waals surface area contributed by atoms with E-state index in [1.165, 1.54) is 29.1 Å². The van der Waals surface area contributed by atoms with E-state index < -0.39 is 12.1 Å². The summed E-state index contributed by atoms with van der Waals surface area (Å²) in [6.45, 7) is 0. The number of aldehydes is 1. The molecule has 0 radical (unpaired) electrons. The first-order chi connectivity index (χ1) is 12.0. The molecule has 0 saturated heterocycles. The van der Waals surface area contributed by atoms with Gasteiger partial charge < -0.3 is 0 Å². The standard InChI is InChI=1S/C17H10ClF2N3O2/c18-13-8-21-14(17(19)20)5-12(13)11-6-15(22-7-10(11)9-24)23-4-2-1-3-16(23)25/h1-9,17H. The van der Waals surface area contributed by atoms with Crippen LogP contribution < -0.4 is 5.56 Å². The van der Waals surface area contributed by atoms with Gasteiger partial charge in [-0.1, -0.05) is 17.7 Å². The Kier molecular flexibility index (Phi) is 4.67. The molecule has 126 valence electrons. The van der Waals surface area contributed by atoms with Crippen molar-refractivity contribution in [2.75, 3.05) is 0 Å². The molecule has 3 aromatic heterocycles. The fourth-order valence-electron chi connectivity index (χ4n) is 2.31. The van der Waals surface area contributed by atoms with Crippen LogP contribution in [0.2, 0.25) is 5.02 Å². The second kappa shape index (κ2) is 6.90. The number of carbonyl (C=O) groups is 1. The molecule has 3 rings (SSSR count). The number of pyridine rings is 3. The molecule has 0 unspecified atom stereocenters. The summed E-state index contributed by atoms with van der Waals surface area (Å²) in [6, 6.07) is 7.14. The maximum Gasteiger partial charge on any atom is 0.280 e. The Morgan fingerprint density at radius 2 is 1.92 bits per heavy atom. The van der Waals surface area contributed by atoms with Crippen LogP contribution in [-0.2, 0) is 0 Å². The van der Waals surface area contributed by atoms with Gasteiger partial charge in [0.15, 0.2) is 6.29 Å². The van der Waals surface area contributed by atoms with E-state index in [1.807, 2.05) is 0 Å². The first kappa shape index (κ1) is 16.9. The maximum absolute atomic E-state index is 12.9. The molecular formula is C17H10ClF2N3O2. The topological polar surface area (TPSA) is 64.8 Å². The van der Waals surface area contributed by atoms with Gasteiger partial charge in [-0.05, 0) is 23.8 Å². The lowest BCUT2D eigenvalue weighted by molar-refractivity contribution is 0.112. The number of rotatable bonds is 4. The molecule has 0 aliphatic rings. The van der Waals surface area contributed by atoms with Gasteiger partial charge in [0.1, 0.15) is 11.5 Å². The molecule has 0 N–H and O–H groups in total. The Bertz CT molecular complexity index is 1010. The normalized spacial score (nSPS) is 10.9. The first-order valence-electron chi connectivity index (χ1n) is 7.08. The van der Waals surface area contributed by atoms with Crippen molar-refractivity contribution in [3.05, 3.63) is 75.6 Å². The molecule has 8 heteroatoms. The number of alkyl halides is 2. The highest BCUT2D eigenvalue weighted by Gasteiger charge is 2.16. The summed E-state index contributed by atoms with van der Waals surface area (Å²) in [5.74, 6) is 0.234. The van der Waals surface area contributed by atoms with Gasteiger partial charge in [0, 0.05) is 35.8 Å². The van der Waals surface area contributed by atoms with Crippen molar-refractivity contribution >= 4 is 17.9 Å². The minimum atomic E-state index is -2.78. The molecule has 0 amide bonds. The average molecular weight is 362 g/mol. The van der Waals surface area contributed by atoms with E-state index in [-0.39, 0.29) is 33.1 Å². The van der Waals surface area contributed by atoms with Gasteiger partial charge in [-0.3, -0.25) is 19.1 Å². The Labute approximate surface area is 145 Å². The Morgan fingerprint density at radius 1 is 1.12 bits per heavy atom. The highest BCUT2D eigenvalue weighted by molar-refractivity contribution is 6.33. The fourth-order valence-corrected chi connectivity index (χ4v) is 2.52. The zero-order valence-corrected chi connectivity index (χ0v) is 13.3. The molecule has 3 heterocycles. The van der Waals surface area contributed by atoms with Crippen molar-refractivity contribution in [2.45, 2.75) is 6.43 Å². The first-order valence-corrected chi connectivity index (χ1v) is 7.46. The van der Waals surface area contributed by atoms with Crippen LogP contribution >= 0.6 is 11.6 Å². The van der Waals surface area contributed by atoms with Gasteiger partial charge in [0.05, 0.1) is 5.02 Å². The summed E-state index contributed by atoms with van der Waals surface area (Å²) in [5.41, 5.74) is -0.145. The van der Waals surface area contributed by atoms with Crippen LogP contribution in [0.4, 0.5) is 8.78 Å². The highest BCUT2D eigenvalue weighted by atomic mass is 35.5. The number of hydrogen-bond donors (Lipinski definition) is 0. The quantitative estimate of drug-likeness (QED) is 0.665. The zero-order valence-electron chi connectivity index (χ0n) is 12.6. The third-order valence-electron chi connectivity index (χ3n) is 3.51. The molecule has 5 nitrogen and oxygen atoms in total. The smallest absolute Gasteiger partial charge is 0.280 e. The molecule has 0 aliphatic carbocycles. The van der Waals surface area contributed by atoms with Crippen molar-refractivity contribution in [2.24, 2.45) is 0 Å². The lowest BCUT2D eigenvalue weighted by Crippen LogP contribution is -2.17. The Hall–Kier alpha value is -2.93. The number of hydrogen-bond acceptors (Lipinski definition) is 4. The molecule has 0 saturated carbocycles. The zero-order chi connectivity index (χ0) is 18.0. The molecule has 0 atom stereocenters. The summed E-state index contributed by atoms with van der Waals surface area (Å²) in [5, 5.41) is 0.102. The SMILES string of the molecule is O=Cc1cnc(-n2ccccc2=O)cc1-c1cc(C(F)F)ncc1Cl. The Balaban J connectivity index is 2.24. The monoisotopic (exact) mass is 361 g/mol. The van der Waals surface area contributed by atoms with Crippen LogP contribution in [0.25, 0.3) is 16.9 Å². The second-order valence-corrected chi connectivity index (χ2v) is 5.45. The fraction of sp³-hybridized carbons (Fsp3) is 0.0588. The molecular weight excluding hydrogens is 352 g/mol. The van der Waals surface area contributed by atoms with Gasteiger partial charge >= 0.3 is 0 Å². The van der Waals surface area contributed by atoms with E-state index >= 15 is 0 Å². The van der Waals surface area contributed by atoms with Gasteiger partial charge in [-0.15, -0.1) is 0 Å². The van der Waals surface area contributed by atoms with E-state index in [9.17, 15) is 18.4 Å². The molecule has 3 aromatic rings. The lowest BCUT2D eigenvalue weighted by Gasteiger charge is -2.11. The van der Waals surface area contributed by atoms with E-state index in [4.69, 9.17) is 11.6 Å². The molecule has 0 fully saturated rings. The van der Waals surface area contributed by atoms with Crippen LogP contribution in [0.5, 0.6) is 0 Å². The van der Waals surface area contributed by atoms with Crippen LogP contribution in [0, 0.1) is 0 Å². The Morgan fingerprint density at radius 3 is 2.60 bits per heavy atom. The third-order valence-corrected chi connectivity index (χ3v) is 3.81. The average Bonchev–Trinajstić information content (AvgIpc) is 2.62. The second-order valence-electron chi connectivity index (χ2n) is 5.05. The summed E-state index contributed by atoms with van der Waals surface area (Å²) in [6.07, 6.45) is 1.62. The summed E-state index contributed by atoms with van der Waals surface area (Å²) in [4.78, 5) is 30.9. The summed E-state index contributed by atoms with van der Waals surface area (Å²) >= 11 is 6.08. The molecule has 0 bridgehead atoms. The lowest BCUT2D eigenvalue weighted by atomic mass is 10.0. The van der Waals surface area contributed by atoms with E-state index in [2.05, 4.69) is 9.97 Å². The van der Waals surface area contributed by atoms with Gasteiger partial charge in [-0.2, -0.15) is 0 Å². The number of nitrogens with zero attached hydrogens (tertiary/aromatic N) is 3. The number of halogens is 3. The molecule has 0 aliphatic heterocycles. The number of aromatic nitrogens is 3. The highest BCUT2D eigenvalue weighted by Crippen LogP contribution is 2.32. The minimum absolute atomic E-state index is 0.102. The van der Waals surface area contributed by atoms with Crippen molar-refractivity contribution in [3.63, 3.8) is 0 Å². The van der Waals surface area contributed by atoms with E-state index in [1.54, 1.807) is 12.1 Å². The van der Waals surface area contributed by atoms with Gasteiger partial charge in [0.25, 0.3) is 12.0 Å². The van der Waals surface area contributed by atoms with Crippen molar-refractivity contribution in [3.8, 4) is 16.9 Å². The van der Waals surface area contributed by atoms with Gasteiger partial charge in [-0.25, -0.2) is 13.8 Å². The largest absolute Gasteiger partial charge is 0.298 e.